The van der Waals surface area contributed by atoms with Crippen molar-refractivity contribution in [2.24, 2.45) is 5.73 Å². The molecule has 0 atom stereocenters. The van der Waals surface area contributed by atoms with Crippen LogP contribution >= 0.6 is 0 Å². The van der Waals surface area contributed by atoms with E-state index in [1.54, 1.807) is 0 Å². The molecule has 1 heteroatoms. The first-order valence-electron chi connectivity index (χ1n) is 4.62. The highest BCUT2D eigenvalue weighted by molar-refractivity contribution is 5.32. The Morgan fingerprint density at radius 1 is 1.08 bits per heavy atom. The Morgan fingerprint density at radius 2 is 1.75 bits per heavy atom. The summed E-state index contributed by atoms with van der Waals surface area (Å²) in [5.74, 6) is 0. The SMILES string of the molecule is CCc1ccc(CN)cc1CC. The smallest absolute Gasteiger partial charge is 0.0178 e. The molecule has 0 aromatic heterocycles. The molecule has 0 bridgehead atoms. The molecule has 1 rings (SSSR count). The molecule has 0 saturated carbocycles. The predicted octanol–water partition coefficient (Wildman–Crippen LogP) is 2.27. The van der Waals surface area contributed by atoms with Crippen molar-refractivity contribution in [2.45, 2.75) is 33.2 Å². The van der Waals surface area contributed by atoms with E-state index in [-0.39, 0.29) is 0 Å². The summed E-state index contributed by atoms with van der Waals surface area (Å²) in [6, 6.07) is 6.54. The molecule has 0 saturated heterocycles. The van der Waals surface area contributed by atoms with Gasteiger partial charge in [-0.1, -0.05) is 32.0 Å². The number of rotatable bonds is 3. The molecule has 0 unspecified atom stereocenters. The fourth-order valence-electron chi connectivity index (χ4n) is 1.48. The lowest BCUT2D eigenvalue weighted by Crippen LogP contribution is -1.99. The topological polar surface area (TPSA) is 26.0 Å². The van der Waals surface area contributed by atoms with Gasteiger partial charge in [-0.25, -0.2) is 0 Å². The molecule has 1 nitrogen and oxygen atoms in total. The Bertz CT molecular complexity index is 253. The van der Waals surface area contributed by atoms with Crippen molar-refractivity contribution in [3.05, 3.63) is 34.9 Å². The normalized spacial score (nSPS) is 10.2. The van der Waals surface area contributed by atoms with Crippen molar-refractivity contribution in [1.29, 1.82) is 0 Å². The average molecular weight is 163 g/mol. The molecule has 0 amide bonds. The van der Waals surface area contributed by atoms with Crippen molar-refractivity contribution >= 4 is 0 Å². The third kappa shape index (κ3) is 1.86. The van der Waals surface area contributed by atoms with Crippen LogP contribution in [0, 0.1) is 0 Å². The van der Waals surface area contributed by atoms with Crippen molar-refractivity contribution in [3.8, 4) is 0 Å². The fraction of sp³-hybridized carbons (Fsp3) is 0.455. The maximum absolute atomic E-state index is 5.56. The molecule has 0 aliphatic rings. The molecule has 12 heavy (non-hydrogen) atoms. The molecule has 1 aromatic rings. The Labute approximate surface area is 74.6 Å². The molecule has 1 aromatic carbocycles. The molecule has 0 heterocycles. The standard InChI is InChI=1S/C11H17N/c1-3-10-6-5-9(8-12)7-11(10)4-2/h5-7H,3-4,8,12H2,1-2H3. The highest BCUT2D eigenvalue weighted by Crippen LogP contribution is 2.13. The van der Waals surface area contributed by atoms with Gasteiger partial charge in [0.15, 0.2) is 0 Å². The van der Waals surface area contributed by atoms with Crippen LogP contribution in [0.1, 0.15) is 30.5 Å². The summed E-state index contributed by atoms with van der Waals surface area (Å²) in [7, 11) is 0. The van der Waals surface area contributed by atoms with Gasteiger partial charge in [0.1, 0.15) is 0 Å². The molecule has 0 aliphatic heterocycles. The summed E-state index contributed by atoms with van der Waals surface area (Å²) in [5, 5.41) is 0. The average Bonchev–Trinajstić information content (AvgIpc) is 2.16. The second-order valence-corrected chi connectivity index (χ2v) is 3.01. The monoisotopic (exact) mass is 163 g/mol. The zero-order valence-electron chi connectivity index (χ0n) is 7.93. The van der Waals surface area contributed by atoms with E-state index in [4.69, 9.17) is 5.73 Å². The van der Waals surface area contributed by atoms with Crippen molar-refractivity contribution in [1.82, 2.24) is 0 Å². The van der Waals surface area contributed by atoms with Gasteiger partial charge in [0.05, 0.1) is 0 Å². The first-order valence-corrected chi connectivity index (χ1v) is 4.62. The number of benzene rings is 1. The number of nitrogens with two attached hydrogens (primary N) is 1. The Hall–Kier alpha value is -0.820. The van der Waals surface area contributed by atoms with Gasteiger partial charge in [-0.05, 0) is 29.5 Å². The van der Waals surface area contributed by atoms with E-state index >= 15 is 0 Å². The first-order chi connectivity index (χ1) is 5.81. The van der Waals surface area contributed by atoms with Crippen LogP contribution in [0.2, 0.25) is 0 Å². The molecular weight excluding hydrogens is 146 g/mol. The minimum Gasteiger partial charge on any atom is -0.326 e. The fourth-order valence-corrected chi connectivity index (χ4v) is 1.48. The van der Waals surface area contributed by atoms with Gasteiger partial charge in [-0.2, -0.15) is 0 Å². The number of hydrogen-bond acceptors (Lipinski definition) is 1. The van der Waals surface area contributed by atoms with Gasteiger partial charge in [0.2, 0.25) is 0 Å². The predicted molar refractivity (Wildman–Crippen MR) is 53.1 cm³/mol. The summed E-state index contributed by atoms with van der Waals surface area (Å²) >= 11 is 0. The van der Waals surface area contributed by atoms with Crippen molar-refractivity contribution in [3.63, 3.8) is 0 Å². The maximum atomic E-state index is 5.56. The lowest BCUT2D eigenvalue weighted by atomic mass is 10.0. The minimum atomic E-state index is 0.650. The van der Waals surface area contributed by atoms with Crippen LogP contribution in [0.15, 0.2) is 18.2 Å². The van der Waals surface area contributed by atoms with Crippen LogP contribution < -0.4 is 5.73 Å². The van der Waals surface area contributed by atoms with Crippen LogP contribution in [0.5, 0.6) is 0 Å². The van der Waals surface area contributed by atoms with Crippen molar-refractivity contribution in [2.75, 3.05) is 0 Å². The minimum absolute atomic E-state index is 0.650. The van der Waals surface area contributed by atoms with E-state index in [1.165, 1.54) is 16.7 Å². The Kier molecular flexibility index (Phi) is 3.30. The second kappa shape index (κ2) is 4.27. The van der Waals surface area contributed by atoms with Crippen LogP contribution in [-0.2, 0) is 19.4 Å². The summed E-state index contributed by atoms with van der Waals surface area (Å²) in [6.45, 7) is 5.03. The summed E-state index contributed by atoms with van der Waals surface area (Å²) < 4.78 is 0. The highest BCUT2D eigenvalue weighted by Gasteiger charge is 1.98. The number of aryl methyl sites for hydroxylation is 2. The molecular formula is C11H17N. The van der Waals surface area contributed by atoms with E-state index in [2.05, 4.69) is 32.0 Å². The number of hydrogen-bond donors (Lipinski definition) is 1. The third-order valence-corrected chi connectivity index (χ3v) is 2.27. The third-order valence-electron chi connectivity index (χ3n) is 2.27. The van der Waals surface area contributed by atoms with E-state index in [0.717, 1.165) is 12.8 Å². The van der Waals surface area contributed by atoms with Gasteiger partial charge < -0.3 is 5.73 Å². The van der Waals surface area contributed by atoms with Crippen LogP contribution in [-0.4, -0.2) is 0 Å². The van der Waals surface area contributed by atoms with E-state index in [9.17, 15) is 0 Å². The summed E-state index contributed by atoms with van der Waals surface area (Å²) in [4.78, 5) is 0. The second-order valence-electron chi connectivity index (χ2n) is 3.01. The van der Waals surface area contributed by atoms with Crippen LogP contribution in [0.3, 0.4) is 0 Å². The van der Waals surface area contributed by atoms with Gasteiger partial charge in [-0.15, -0.1) is 0 Å². The van der Waals surface area contributed by atoms with Gasteiger partial charge in [-0.3, -0.25) is 0 Å². The van der Waals surface area contributed by atoms with E-state index in [0.29, 0.717) is 6.54 Å². The van der Waals surface area contributed by atoms with Gasteiger partial charge in [0.25, 0.3) is 0 Å². The van der Waals surface area contributed by atoms with Crippen LogP contribution in [0.25, 0.3) is 0 Å². The summed E-state index contributed by atoms with van der Waals surface area (Å²) in [5.41, 5.74) is 9.70. The van der Waals surface area contributed by atoms with Crippen molar-refractivity contribution < 1.29 is 0 Å². The lowest BCUT2D eigenvalue weighted by molar-refractivity contribution is 1.00. The van der Waals surface area contributed by atoms with Gasteiger partial charge >= 0.3 is 0 Å². The molecule has 0 fully saturated rings. The lowest BCUT2D eigenvalue weighted by Gasteiger charge is -2.07. The van der Waals surface area contributed by atoms with E-state index < -0.39 is 0 Å². The zero-order valence-corrected chi connectivity index (χ0v) is 7.93. The zero-order chi connectivity index (χ0) is 8.97. The van der Waals surface area contributed by atoms with Crippen LogP contribution in [0.4, 0.5) is 0 Å². The molecule has 0 aliphatic carbocycles. The van der Waals surface area contributed by atoms with Gasteiger partial charge in [0, 0.05) is 6.54 Å². The molecule has 0 spiro atoms. The first kappa shape index (κ1) is 9.27. The highest BCUT2D eigenvalue weighted by atomic mass is 14.5. The molecule has 2 N–H and O–H groups in total. The Balaban J connectivity index is 3.02. The summed E-state index contributed by atoms with van der Waals surface area (Å²) in [6.07, 6.45) is 2.23. The molecule has 0 radical (unpaired) electrons. The maximum Gasteiger partial charge on any atom is 0.0178 e. The largest absolute Gasteiger partial charge is 0.326 e. The quantitative estimate of drug-likeness (QED) is 0.726. The Morgan fingerprint density at radius 3 is 2.25 bits per heavy atom. The molecule has 66 valence electrons. The van der Waals surface area contributed by atoms with E-state index in [1.807, 2.05) is 0 Å².